The minimum Gasteiger partial charge on any atom is -0.361 e. The van der Waals surface area contributed by atoms with E-state index >= 15 is 0 Å². The predicted molar refractivity (Wildman–Crippen MR) is 114 cm³/mol. The average Bonchev–Trinajstić information content (AvgIpc) is 3.07. The monoisotopic (exact) mass is 389 g/mol. The van der Waals surface area contributed by atoms with Crippen molar-refractivity contribution < 1.29 is 9.59 Å². The van der Waals surface area contributed by atoms with E-state index in [0.717, 1.165) is 29.3 Å². The molecule has 2 aromatic rings. The highest BCUT2D eigenvalue weighted by Crippen LogP contribution is 2.23. The molecule has 0 bridgehead atoms. The van der Waals surface area contributed by atoms with Crippen molar-refractivity contribution in [1.29, 1.82) is 0 Å². The summed E-state index contributed by atoms with van der Waals surface area (Å²) < 4.78 is 0. The van der Waals surface area contributed by atoms with Crippen LogP contribution in [0.2, 0.25) is 0 Å². The number of nitrogens with one attached hydrogen (secondary N) is 3. The van der Waals surface area contributed by atoms with Gasteiger partial charge in [0.05, 0.1) is 0 Å². The summed E-state index contributed by atoms with van der Waals surface area (Å²) in [6.45, 7) is 6.22. The van der Waals surface area contributed by atoms with E-state index in [1.807, 2.05) is 37.4 Å². The third kappa shape index (κ3) is 5.51. The third-order valence-corrected chi connectivity index (χ3v) is 5.65. The van der Waals surface area contributed by atoms with Crippen LogP contribution in [0.25, 0.3) is 10.9 Å². The van der Waals surface area contributed by atoms with Gasteiger partial charge in [-0.05, 0) is 30.4 Å². The van der Waals surface area contributed by atoms with Crippen molar-refractivity contribution >= 4 is 35.3 Å². The lowest BCUT2D eigenvalue weighted by atomic mass is 9.91. The van der Waals surface area contributed by atoms with Gasteiger partial charge in [-0.25, -0.2) is 0 Å². The minimum absolute atomic E-state index is 0.0224. The average molecular weight is 390 g/mol. The van der Waals surface area contributed by atoms with Gasteiger partial charge in [-0.15, -0.1) is 0 Å². The number of rotatable bonds is 9. The van der Waals surface area contributed by atoms with Crippen LogP contribution >= 0.6 is 12.6 Å². The Bertz CT molecular complexity index is 772. The van der Waals surface area contributed by atoms with Gasteiger partial charge < -0.3 is 15.6 Å². The molecule has 3 N–H and O–H groups in total. The smallest absolute Gasteiger partial charge is 0.242 e. The van der Waals surface area contributed by atoms with Crippen LogP contribution in [0, 0.1) is 11.8 Å². The Labute approximate surface area is 167 Å². The molecule has 0 radical (unpaired) electrons. The van der Waals surface area contributed by atoms with E-state index in [2.05, 4.69) is 42.1 Å². The van der Waals surface area contributed by atoms with Crippen molar-refractivity contribution in [3.05, 3.63) is 36.0 Å². The van der Waals surface area contributed by atoms with Crippen molar-refractivity contribution in [2.24, 2.45) is 11.8 Å². The first-order valence-electron chi connectivity index (χ1n) is 9.62. The first kappa shape index (κ1) is 21.4. The molecule has 1 heterocycles. The Morgan fingerprint density at radius 3 is 2.52 bits per heavy atom. The summed E-state index contributed by atoms with van der Waals surface area (Å²) in [4.78, 5) is 28.6. The molecular weight excluding hydrogens is 358 g/mol. The van der Waals surface area contributed by atoms with Gasteiger partial charge in [0.25, 0.3) is 0 Å². The number of carbonyl (C=O) groups is 2. The molecule has 0 aliphatic heterocycles. The molecular formula is C21H31N3O2S. The Hall–Kier alpha value is -1.95. The van der Waals surface area contributed by atoms with Gasteiger partial charge in [-0.3, -0.25) is 9.59 Å². The summed E-state index contributed by atoms with van der Waals surface area (Å²) >= 11 is 4.61. The maximum absolute atomic E-state index is 13.0. The van der Waals surface area contributed by atoms with E-state index < -0.39 is 6.04 Å². The maximum atomic E-state index is 13.0. The van der Waals surface area contributed by atoms with E-state index in [9.17, 15) is 9.59 Å². The molecule has 1 aromatic carbocycles. The van der Waals surface area contributed by atoms with Crippen LogP contribution < -0.4 is 10.6 Å². The summed E-state index contributed by atoms with van der Waals surface area (Å²) in [5.74, 6) is -0.120. The van der Waals surface area contributed by atoms with E-state index in [4.69, 9.17) is 0 Å². The Balaban J connectivity index is 2.20. The van der Waals surface area contributed by atoms with E-state index in [1.165, 1.54) is 0 Å². The number of H-pyrrole nitrogens is 1. The lowest BCUT2D eigenvalue weighted by Crippen LogP contribution is -2.50. The zero-order valence-corrected chi connectivity index (χ0v) is 17.5. The number of hydrogen-bond donors (Lipinski definition) is 4. The van der Waals surface area contributed by atoms with Crippen LogP contribution in [0.4, 0.5) is 0 Å². The largest absolute Gasteiger partial charge is 0.361 e. The van der Waals surface area contributed by atoms with E-state index in [0.29, 0.717) is 12.3 Å². The van der Waals surface area contributed by atoms with E-state index in [-0.39, 0.29) is 23.0 Å². The number of thiol groups is 1. The standard InChI is InChI=1S/C21H31N3O2S/c1-5-19(27)16(10-13(2)3)20(25)24-18(21(26)22-4)11-14-12-23-17-9-7-6-8-15(14)17/h6-9,12-13,16,18-19,23,27H,5,10-11H2,1-4H3,(H,22,26)(H,24,25)/t16-,18+,19+/m1/s1. The van der Waals surface area contributed by atoms with Gasteiger partial charge in [0.15, 0.2) is 0 Å². The zero-order valence-electron chi connectivity index (χ0n) is 16.6. The number of aromatic amines is 1. The Morgan fingerprint density at radius 2 is 1.89 bits per heavy atom. The van der Waals surface area contributed by atoms with Crippen molar-refractivity contribution in [1.82, 2.24) is 15.6 Å². The van der Waals surface area contributed by atoms with Crippen LogP contribution in [0.15, 0.2) is 30.5 Å². The van der Waals surface area contributed by atoms with Gasteiger partial charge >= 0.3 is 0 Å². The fourth-order valence-corrected chi connectivity index (χ4v) is 3.67. The molecule has 2 amide bonds. The van der Waals surface area contributed by atoms with Gasteiger partial charge in [0, 0.05) is 41.7 Å². The molecule has 0 aliphatic rings. The van der Waals surface area contributed by atoms with Crippen LogP contribution in [0.1, 0.15) is 39.2 Å². The molecule has 0 saturated heterocycles. The molecule has 3 atom stereocenters. The summed E-state index contributed by atoms with van der Waals surface area (Å²) in [5, 5.41) is 6.70. The molecule has 0 unspecified atom stereocenters. The first-order chi connectivity index (χ1) is 12.9. The molecule has 1 aromatic heterocycles. The predicted octanol–water partition coefficient (Wildman–Crippen LogP) is 3.31. The Kier molecular flexibility index (Phi) is 7.78. The molecule has 2 rings (SSSR count). The van der Waals surface area contributed by atoms with Crippen LogP contribution in [0.3, 0.4) is 0 Å². The summed E-state index contributed by atoms with van der Waals surface area (Å²) in [6.07, 6.45) is 3.90. The fourth-order valence-electron chi connectivity index (χ4n) is 3.41. The topological polar surface area (TPSA) is 74.0 Å². The van der Waals surface area contributed by atoms with Gasteiger partial charge in [0.1, 0.15) is 6.04 Å². The number of aromatic nitrogens is 1. The molecule has 0 saturated carbocycles. The lowest BCUT2D eigenvalue weighted by molar-refractivity contribution is -0.131. The maximum Gasteiger partial charge on any atom is 0.242 e. The number of benzene rings is 1. The third-order valence-electron chi connectivity index (χ3n) is 4.92. The lowest BCUT2D eigenvalue weighted by Gasteiger charge is -2.26. The second-order valence-electron chi connectivity index (χ2n) is 7.45. The number of fused-ring (bicyclic) bond motifs is 1. The highest BCUT2D eigenvalue weighted by molar-refractivity contribution is 7.81. The number of likely N-dealkylation sites (N-methyl/N-ethyl adjacent to an activating group) is 1. The highest BCUT2D eigenvalue weighted by Gasteiger charge is 2.29. The van der Waals surface area contributed by atoms with Crippen LogP contribution in [0.5, 0.6) is 0 Å². The molecule has 0 spiro atoms. The van der Waals surface area contributed by atoms with Gasteiger partial charge in [0.2, 0.25) is 11.8 Å². The zero-order chi connectivity index (χ0) is 20.0. The molecule has 6 heteroatoms. The quantitative estimate of drug-likeness (QED) is 0.497. The van der Waals surface area contributed by atoms with Crippen molar-refractivity contribution in [3.63, 3.8) is 0 Å². The normalized spacial score (nSPS) is 14.7. The van der Waals surface area contributed by atoms with Gasteiger partial charge in [-0.2, -0.15) is 12.6 Å². The molecule has 27 heavy (non-hydrogen) atoms. The van der Waals surface area contributed by atoms with E-state index in [1.54, 1.807) is 7.05 Å². The highest BCUT2D eigenvalue weighted by atomic mass is 32.1. The summed E-state index contributed by atoms with van der Waals surface area (Å²) in [6, 6.07) is 7.34. The Morgan fingerprint density at radius 1 is 1.19 bits per heavy atom. The SMILES string of the molecule is CC[C@H](S)[C@@H](CC(C)C)C(=O)N[C@@H](Cc1c[nH]c2ccccc12)C(=O)NC. The number of amides is 2. The van der Waals surface area contributed by atoms with Crippen LogP contribution in [-0.2, 0) is 16.0 Å². The van der Waals surface area contributed by atoms with Crippen LogP contribution in [-0.4, -0.2) is 35.1 Å². The fraction of sp³-hybridized carbons (Fsp3) is 0.524. The molecule has 0 aliphatic carbocycles. The number of carbonyl (C=O) groups excluding carboxylic acids is 2. The summed E-state index contributed by atoms with van der Waals surface area (Å²) in [5.41, 5.74) is 2.03. The van der Waals surface area contributed by atoms with Crippen molar-refractivity contribution in [3.8, 4) is 0 Å². The number of hydrogen-bond acceptors (Lipinski definition) is 3. The second kappa shape index (κ2) is 9.83. The summed E-state index contributed by atoms with van der Waals surface area (Å²) in [7, 11) is 1.59. The number of para-hydroxylation sites is 1. The molecule has 5 nitrogen and oxygen atoms in total. The molecule has 148 valence electrons. The second-order valence-corrected chi connectivity index (χ2v) is 8.11. The first-order valence-corrected chi connectivity index (χ1v) is 10.1. The molecule has 0 fully saturated rings. The van der Waals surface area contributed by atoms with Crippen molar-refractivity contribution in [2.45, 2.75) is 51.3 Å². The van der Waals surface area contributed by atoms with Crippen molar-refractivity contribution in [2.75, 3.05) is 7.05 Å². The van der Waals surface area contributed by atoms with Gasteiger partial charge in [-0.1, -0.05) is 39.0 Å². The minimum atomic E-state index is -0.617.